The Morgan fingerprint density at radius 1 is 1.18 bits per heavy atom. The lowest BCUT2D eigenvalue weighted by Gasteiger charge is -2.41. The molecule has 0 bridgehead atoms. The van der Waals surface area contributed by atoms with Crippen LogP contribution in [0.2, 0.25) is 0 Å². The van der Waals surface area contributed by atoms with Crippen LogP contribution in [0.3, 0.4) is 0 Å². The lowest BCUT2D eigenvalue weighted by Crippen LogP contribution is -2.42. The number of hydrogen-bond acceptors (Lipinski definition) is 3. The normalized spacial score (nSPS) is 27.1. The van der Waals surface area contributed by atoms with Gasteiger partial charge in [-0.15, -0.1) is 0 Å². The fourth-order valence-corrected chi connectivity index (χ4v) is 5.23. The van der Waals surface area contributed by atoms with Crippen molar-refractivity contribution in [2.75, 3.05) is 13.1 Å². The number of hydrogen-bond donors (Lipinski definition) is 1. The first-order valence-electron chi connectivity index (χ1n) is 10.0. The van der Waals surface area contributed by atoms with Gasteiger partial charge in [0.1, 0.15) is 0 Å². The SMILES string of the molecule is Cn1cnc2cc(C(=O)N3C[C@@H]4CCC[C@@](O)(c5ccccc5)[C@@H]4C3)ccc21. The first kappa shape index (κ1) is 17.4. The zero-order valence-electron chi connectivity index (χ0n) is 16.1. The fourth-order valence-electron chi connectivity index (χ4n) is 5.23. The summed E-state index contributed by atoms with van der Waals surface area (Å²) in [5.74, 6) is 0.477. The number of carbonyl (C=O) groups excluding carboxylic acids is 1. The average molecular weight is 375 g/mol. The molecule has 2 aromatic carbocycles. The van der Waals surface area contributed by atoms with Gasteiger partial charge in [0.25, 0.3) is 5.91 Å². The van der Waals surface area contributed by atoms with Crippen molar-refractivity contribution in [2.45, 2.75) is 24.9 Å². The van der Waals surface area contributed by atoms with Gasteiger partial charge < -0.3 is 14.6 Å². The summed E-state index contributed by atoms with van der Waals surface area (Å²) in [7, 11) is 1.95. The Morgan fingerprint density at radius 3 is 2.82 bits per heavy atom. The van der Waals surface area contributed by atoms with Crippen molar-refractivity contribution in [1.29, 1.82) is 0 Å². The molecular formula is C23H25N3O2. The van der Waals surface area contributed by atoms with Gasteiger partial charge in [0.05, 0.1) is 23.0 Å². The molecule has 1 aliphatic heterocycles. The minimum Gasteiger partial charge on any atom is -0.385 e. The molecule has 1 saturated carbocycles. The number of aromatic nitrogens is 2. The molecule has 2 fully saturated rings. The molecule has 144 valence electrons. The second kappa shape index (κ2) is 6.45. The van der Waals surface area contributed by atoms with Crippen LogP contribution in [0.4, 0.5) is 0 Å². The van der Waals surface area contributed by atoms with E-state index in [9.17, 15) is 9.90 Å². The first-order valence-corrected chi connectivity index (χ1v) is 10.0. The number of nitrogens with zero attached hydrogens (tertiary/aromatic N) is 3. The fraction of sp³-hybridized carbons (Fsp3) is 0.391. The van der Waals surface area contributed by atoms with E-state index in [1.54, 1.807) is 6.33 Å². The molecule has 2 heterocycles. The maximum atomic E-state index is 13.2. The van der Waals surface area contributed by atoms with E-state index in [2.05, 4.69) is 4.98 Å². The minimum atomic E-state index is -0.843. The van der Waals surface area contributed by atoms with E-state index in [0.717, 1.165) is 42.4 Å². The van der Waals surface area contributed by atoms with E-state index in [-0.39, 0.29) is 11.8 Å². The minimum absolute atomic E-state index is 0.0392. The topological polar surface area (TPSA) is 58.4 Å². The number of rotatable bonds is 2. The van der Waals surface area contributed by atoms with Gasteiger partial charge >= 0.3 is 0 Å². The summed E-state index contributed by atoms with van der Waals surface area (Å²) in [5, 5.41) is 11.6. The molecule has 3 atom stereocenters. The van der Waals surface area contributed by atoms with Crippen LogP contribution >= 0.6 is 0 Å². The van der Waals surface area contributed by atoms with Gasteiger partial charge in [-0.1, -0.05) is 30.3 Å². The van der Waals surface area contributed by atoms with Gasteiger partial charge in [-0.2, -0.15) is 0 Å². The third-order valence-electron chi connectivity index (χ3n) is 6.72. The molecular weight excluding hydrogens is 350 g/mol. The van der Waals surface area contributed by atoms with Gasteiger partial charge in [0.2, 0.25) is 0 Å². The molecule has 28 heavy (non-hydrogen) atoms. The molecule has 1 saturated heterocycles. The summed E-state index contributed by atoms with van der Waals surface area (Å²) in [6.45, 7) is 1.33. The van der Waals surface area contributed by atoms with E-state index in [1.807, 2.05) is 65.0 Å². The molecule has 0 unspecified atom stereocenters. The Kier molecular flexibility index (Phi) is 4.02. The van der Waals surface area contributed by atoms with E-state index in [0.29, 0.717) is 18.0 Å². The van der Waals surface area contributed by atoms with Crippen LogP contribution < -0.4 is 0 Å². The highest BCUT2D eigenvalue weighted by Crippen LogP contribution is 2.48. The molecule has 0 radical (unpaired) electrons. The molecule has 5 heteroatoms. The van der Waals surface area contributed by atoms with Crippen molar-refractivity contribution < 1.29 is 9.90 Å². The highest BCUT2D eigenvalue weighted by molar-refractivity contribution is 5.97. The molecule has 1 N–H and O–H groups in total. The van der Waals surface area contributed by atoms with Crippen LogP contribution in [-0.4, -0.2) is 38.6 Å². The number of carbonyl (C=O) groups is 1. The lowest BCUT2D eigenvalue weighted by molar-refractivity contribution is -0.0644. The molecule has 3 aromatic rings. The number of likely N-dealkylation sites (tertiary alicyclic amines) is 1. The van der Waals surface area contributed by atoms with Crippen LogP contribution in [0.1, 0.15) is 35.2 Å². The van der Waals surface area contributed by atoms with Crippen molar-refractivity contribution >= 4 is 16.9 Å². The van der Waals surface area contributed by atoms with Crippen molar-refractivity contribution in [3.8, 4) is 0 Å². The predicted molar refractivity (Wildman–Crippen MR) is 108 cm³/mol. The molecule has 5 rings (SSSR count). The maximum absolute atomic E-state index is 13.2. The predicted octanol–water partition coefficient (Wildman–Crippen LogP) is 3.33. The summed E-state index contributed by atoms with van der Waals surface area (Å²) >= 11 is 0. The summed E-state index contributed by atoms with van der Waals surface area (Å²) in [5.41, 5.74) is 2.67. The summed E-state index contributed by atoms with van der Waals surface area (Å²) in [6.07, 6.45) is 4.60. The Bertz CT molecular complexity index is 1030. The number of benzene rings is 2. The van der Waals surface area contributed by atoms with E-state index in [4.69, 9.17) is 0 Å². The average Bonchev–Trinajstić information content (AvgIpc) is 3.33. The van der Waals surface area contributed by atoms with Crippen LogP contribution in [-0.2, 0) is 12.6 Å². The zero-order valence-corrected chi connectivity index (χ0v) is 16.1. The van der Waals surface area contributed by atoms with Crippen molar-refractivity contribution in [2.24, 2.45) is 18.9 Å². The second-order valence-corrected chi connectivity index (χ2v) is 8.32. The van der Waals surface area contributed by atoms with Gasteiger partial charge in [-0.3, -0.25) is 4.79 Å². The number of imidazole rings is 1. The Morgan fingerprint density at radius 2 is 2.00 bits per heavy atom. The highest BCUT2D eigenvalue weighted by atomic mass is 16.3. The van der Waals surface area contributed by atoms with Crippen LogP contribution in [0.25, 0.3) is 11.0 Å². The van der Waals surface area contributed by atoms with Gasteiger partial charge in [-0.25, -0.2) is 4.98 Å². The number of fused-ring (bicyclic) bond motifs is 2. The summed E-state index contributed by atoms with van der Waals surface area (Å²) in [6, 6.07) is 15.7. The molecule has 1 aromatic heterocycles. The first-order chi connectivity index (χ1) is 13.6. The Hall–Kier alpha value is -2.66. The quantitative estimate of drug-likeness (QED) is 0.747. The van der Waals surface area contributed by atoms with Crippen molar-refractivity contribution in [1.82, 2.24) is 14.5 Å². The number of aryl methyl sites for hydroxylation is 1. The van der Waals surface area contributed by atoms with Crippen LogP contribution in [0.5, 0.6) is 0 Å². The molecule has 0 spiro atoms. The monoisotopic (exact) mass is 375 g/mol. The Balaban J connectivity index is 1.42. The summed E-state index contributed by atoms with van der Waals surface area (Å²) < 4.78 is 1.95. The smallest absolute Gasteiger partial charge is 0.253 e. The van der Waals surface area contributed by atoms with Crippen molar-refractivity contribution in [3.05, 3.63) is 66.0 Å². The molecule has 1 amide bonds. The standard InChI is InChI=1S/C23H25N3O2/c1-25-15-24-20-12-16(9-10-21(20)25)22(27)26-13-17-6-5-11-23(28,19(17)14-26)18-7-3-2-4-8-18/h2-4,7-10,12,15,17,19,28H,5-6,11,13-14H2,1H3/t17-,19+,23+/m0/s1. The van der Waals surface area contributed by atoms with Gasteiger partial charge in [-0.05, 0) is 48.9 Å². The molecule has 2 aliphatic rings. The third-order valence-corrected chi connectivity index (χ3v) is 6.72. The molecule has 1 aliphatic carbocycles. The second-order valence-electron chi connectivity index (χ2n) is 8.32. The van der Waals surface area contributed by atoms with Crippen molar-refractivity contribution in [3.63, 3.8) is 0 Å². The van der Waals surface area contributed by atoms with Gasteiger partial charge in [0, 0.05) is 31.6 Å². The zero-order chi connectivity index (χ0) is 19.3. The van der Waals surface area contributed by atoms with E-state index < -0.39 is 5.60 Å². The van der Waals surface area contributed by atoms with Crippen LogP contribution in [0.15, 0.2) is 54.9 Å². The molecule has 5 nitrogen and oxygen atoms in total. The highest BCUT2D eigenvalue weighted by Gasteiger charge is 2.50. The summed E-state index contributed by atoms with van der Waals surface area (Å²) in [4.78, 5) is 19.5. The van der Waals surface area contributed by atoms with E-state index >= 15 is 0 Å². The van der Waals surface area contributed by atoms with Crippen LogP contribution in [0, 0.1) is 11.8 Å². The maximum Gasteiger partial charge on any atom is 0.253 e. The largest absolute Gasteiger partial charge is 0.385 e. The number of amides is 1. The Labute approximate surface area is 164 Å². The third kappa shape index (κ3) is 2.65. The van der Waals surface area contributed by atoms with Gasteiger partial charge in [0.15, 0.2) is 0 Å². The lowest BCUT2D eigenvalue weighted by atomic mass is 9.67. The number of aliphatic hydroxyl groups is 1. The van der Waals surface area contributed by atoms with E-state index in [1.165, 1.54) is 0 Å².